The zero-order valence-electron chi connectivity index (χ0n) is 18.6. The van der Waals surface area contributed by atoms with Gasteiger partial charge in [0.05, 0.1) is 17.4 Å². The smallest absolute Gasteiger partial charge is 0.187 e. The molecule has 5 aromatic rings. The highest BCUT2D eigenvalue weighted by Crippen LogP contribution is 2.35. The minimum atomic E-state index is 0.480. The van der Waals surface area contributed by atoms with Gasteiger partial charge in [-0.05, 0) is 41.5 Å². The van der Waals surface area contributed by atoms with Gasteiger partial charge in [0.1, 0.15) is 0 Å². The van der Waals surface area contributed by atoms with Crippen molar-refractivity contribution < 1.29 is 0 Å². The highest BCUT2D eigenvalue weighted by atomic mass is 32.1. The van der Waals surface area contributed by atoms with Crippen LogP contribution in [0.1, 0.15) is 11.1 Å². The molecular formula is C29H24N4S. The van der Waals surface area contributed by atoms with Crippen molar-refractivity contribution in [3.05, 3.63) is 126 Å². The fourth-order valence-corrected chi connectivity index (χ4v) is 4.22. The molecule has 34 heavy (non-hydrogen) atoms. The van der Waals surface area contributed by atoms with Crippen LogP contribution < -0.4 is 10.7 Å². The van der Waals surface area contributed by atoms with Gasteiger partial charge in [0.15, 0.2) is 5.11 Å². The zero-order valence-corrected chi connectivity index (χ0v) is 19.4. The summed E-state index contributed by atoms with van der Waals surface area (Å²) in [7, 11) is 0. The number of aromatic nitrogens is 1. The van der Waals surface area contributed by atoms with E-state index in [1.165, 1.54) is 0 Å². The fraction of sp³-hybridized carbons (Fsp3) is 0.0345. The molecule has 0 aliphatic carbocycles. The van der Waals surface area contributed by atoms with Crippen LogP contribution in [0.2, 0.25) is 0 Å². The lowest BCUT2D eigenvalue weighted by atomic mass is 10.1. The number of hydrogen-bond acceptors (Lipinski definition) is 2. The van der Waals surface area contributed by atoms with Crippen LogP contribution in [0.4, 0.5) is 0 Å². The Morgan fingerprint density at radius 3 is 2.12 bits per heavy atom. The van der Waals surface area contributed by atoms with Crippen molar-refractivity contribution in [2.75, 3.05) is 0 Å². The van der Waals surface area contributed by atoms with Crippen LogP contribution in [0.25, 0.3) is 27.8 Å². The van der Waals surface area contributed by atoms with Crippen LogP contribution in [0.5, 0.6) is 0 Å². The molecule has 0 saturated heterocycles. The molecular weight excluding hydrogens is 436 g/mol. The van der Waals surface area contributed by atoms with Crippen LogP contribution in [0.15, 0.2) is 120 Å². The number of para-hydroxylation sites is 2. The maximum absolute atomic E-state index is 5.43. The summed E-state index contributed by atoms with van der Waals surface area (Å²) in [6, 6.07) is 39.4. The first kappa shape index (κ1) is 21.6. The second-order valence-electron chi connectivity index (χ2n) is 7.85. The second kappa shape index (κ2) is 10.1. The van der Waals surface area contributed by atoms with Gasteiger partial charge in [-0.2, -0.15) is 5.10 Å². The molecule has 2 N–H and O–H groups in total. The van der Waals surface area contributed by atoms with E-state index in [4.69, 9.17) is 12.2 Å². The summed E-state index contributed by atoms with van der Waals surface area (Å²) in [5, 5.41) is 9.31. The number of thiocarbonyl (C=S) groups is 1. The van der Waals surface area contributed by atoms with Crippen LogP contribution in [-0.4, -0.2) is 15.9 Å². The largest absolute Gasteiger partial charge is 0.357 e. The van der Waals surface area contributed by atoms with Gasteiger partial charge in [0.25, 0.3) is 0 Å². The quantitative estimate of drug-likeness (QED) is 0.178. The molecule has 0 aliphatic heterocycles. The third kappa shape index (κ3) is 4.60. The van der Waals surface area contributed by atoms with E-state index in [9.17, 15) is 0 Å². The van der Waals surface area contributed by atoms with Crippen molar-refractivity contribution in [1.29, 1.82) is 0 Å². The van der Waals surface area contributed by atoms with E-state index in [0.29, 0.717) is 11.7 Å². The molecule has 0 aliphatic rings. The van der Waals surface area contributed by atoms with E-state index in [2.05, 4.69) is 105 Å². The average molecular weight is 461 g/mol. The molecule has 1 heterocycles. The first-order chi connectivity index (χ1) is 16.8. The van der Waals surface area contributed by atoms with Gasteiger partial charge in [-0.25, -0.2) is 0 Å². The number of fused-ring (bicyclic) bond motifs is 1. The molecule has 4 nitrogen and oxygen atoms in total. The highest BCUT2D eigenvalue weighted by molar-refractivity contribution is 7.80. The topological polar surface area (TPSA) is 41.4 Å². The fourth-order valence-electron chi connectivity index (χ4n) is 4.09. The van der Waals surface area contributed by atoms with Crippen molar-refractivity contribution in [3.8, 4) is 16.9 Å². The van der Waals surface area contributed by atoms with Gasteiger partial charge in [-0.1, -0.05) is 97.1 Å². The SMILES string of the molecule is S=C(NCc1ccccc1)NN=Cc1c(-c2ccccc2)n(-c2ccccc2)c2ccccc12. The molecule has 4 aromatic carbocycles. The van der Waals surface area contributed by atoms with Crippen molar-refractivity contribution >= 4 is 34.4 Å². The predicted octanol–water partition coefficient (Wildman–Crippen LogP) is 6.30. The Labute approximate surface area is 204 Å². The van der Waals surface area contributed by atoms with E-state index >= 15 is 0 Å². The van der Waals surface area contributed by atoms with Gasteiger partial charge >= 0.3 is 0 Å². The molecule has 0 atom stereocenters. The number of hydrogen-bond donors (Lipinski definition) is 2. The molecule has 0 saturated carbocycles. The van der Waals surface area contributed by atoms with E-state index in [0.717, 1.165) is 39.0 Å². The molecule has 0 radical (unpaired) electrons. The summed E-state index contributed by atoms with van der Waals surface area (Å²) in [6.45, 7) is 0.644. The molecule has 0 unspecified atom stereocenters. The lowest BCUT2D eigenvalue weighted by Gasteiger charge is -2.12. The summed E-state index contributed by atoms with van der Waals surface area (Å²) >= 11 is 5.43. The van der Waals surface area contributed by atoms with E-state index < -0.39 is 0 Å². The maximum Gasteiger partial charge on any atom is 0.187 e. The Morgan fingerprint density at radius 1 is 0.765 bits per heavy atom. The Bertz CT molecular complexity index is 1430. The van der Waals surface area contributed by atoms with Crippen molar-refractivity contribution in [2.24, 2.45) is 5.10 Å². The Kier molecular flexibility index (Phi) is 6.45. The van der Waals surface area contributed by atoms with Crippen molar-refractivity contribution in [2.45, 2.75) is 6.54 Å². The van der Waals surface area contributed by atoms with E-state index in [-0.39, 0.29) is 0 Å². The predicted molar refractivity (Wildman–Crippen MR) is 145 cm³/mol. The third-order valence-corrected chi connectivity index (χ3v) is 5.87. The maximum atomic E-state index is 5.43. The van der Waals surface area contributed by atoms with Gasteiger partial charge in [0, 0.05) is 23.2 Å². The van der Waals surface area contributed by atoms with Gasteiger partial charge < -0.3 is 9.88 Å². The van der Waals surface area contributed by atoms with Crippen LogP contribution in [-0.2, 0) is 6.54 Å². The summed E-state index contributed by atoms with van der Waals surface area (Å²) in [6.07, 6.45) is 1.86. The molecule has 1 aromatic heterocycles. The van der Waals surface area contributed by atoms with Crippen molar-refractivity contribution in [1.82, 2.24) is 15.3 Å². The molecule has 0 fully saturated rings. The summed E-state index contributed by atoms with van der Waals surface area (Å²) in [5.74, 6) is 0. The second-order valence-corrected chi connectivity index (χ2v) is 8.26. The number of hydrazone groups is 1. The minimum absolute atomic E-state index is 0.480. The Balaban J connectivity index is 1.51. The van der Waals surface area contributed by atoms with E-state index in [1.807, 2.05) is 36.5 Å². The van der Waals surface area contributed by atoms with Crippen LogP contribution in [0.3, 0.4) is 0 Å². The number of nitrogens with one attached hydrogen (secondary N) is 2. The molecule has 5 rings (SSSR count). The van der Waals surface area contributed by atoms with Crippen LogP contribution in [0, 0.1) is 0 Å². The van der Waals surface area contributed by atoms with Crippen molar-refractivity contribution in [3.63, 3.8) is 0 Å². The van der Waals surface area contributed by atoms with Gasteiger partial charge in [-0.3, -0.25) is 5.43 Å². The molecule has 5 heteroatoms. The summed E-state index contributed by atoms with van der Waals surface area (Å²) < 4.78 is 2.29. The molecule has 166 valence electrons. The Morgan fingerprint density at radius 2 is 1.38 bits per heavy atom. The lowest BCUT2D eigenvalue weighted by molar-refractivity contribution is 0.869. The van der Waals surface area contributed by atoms with Crippen LogP contribution >= 0.6 is 12.2 Å². The third-order valence-electron chi connectivity index (χ3n) is 5.63. The van der Waals surface area contributed by atoms with Gasteiger partial charge in [-0.15, -0.1) is 0 Å². The Hall–Kier alpha value is -4.22. The highest BCUT2D eigenvalue weighted by Gasteiger charge is 2.18. The minimum Gasteiger partial charge on any atom is -0.357 e. The molecule has 0 amide bonds. The molecule has 0 spiro atoms. The summed E-state index contributed by atoms with van der Waals surface area (Å²) in [5.41, 5.74) is 9.60. The van der Waals surface area contributed by atoms with E-state index in [1.54, 1.807) is 0 Å². The van der Waals surface area contributed by atoms with Gasteiger partial charge in [0.2, 0.25) is 0 Å². The number of benzene rings is 4. The zero-order chi connectivity index (χ0) is 23.2. The number of rotatable bonds is 6. The first-order valence-corrected chi connectivity index (χ1v) is 11.6. The monoisotopic (exact) mass is 460 g/mol. The average Bonchev–Trinajstić information content (AvgIpc) is 3.23. The lowest BCUT2D eigenvalue weighted by Crippen LogP contribution is -2.31. The molecule has 0 bridgehead atoms. The number of nitrogens with zero attached hydrogens (tertiary/aromatic N) is 2. The summed E-state index contributed by atoms with van der Waals surface area (Å²) in [4.78, 5) is 0. The first-order valence-electron chi connectivity index (χ1n) is 11.2. The normalized spacial score (nSPS) is 11.1. The standard InChI is InChI=1S/C29H24N4S/c34-29(30-20-22-12-4-1-5-13-22)32-31-21-26-25-18-10-11-19-27(25)33(24-16-8-3-9-17-24)28(26)23-14-6-2-7-15-23/h1-19,21H,20H2,(H2,30,32,34).